The van der Waals surface area contributed by atoms with Crippen molar-refractivity contribution in [2.24, 2.45) is 0 Å². The highest BCUT2D eigenvalue weighted by Gasteiger charge is 2.26. The molecule has 0 aliphatic heterocycles. The van der Waals surface area contributed by atoms with Gasteiger partial charge < -0.3 is 9.84 Å². The molecule has 4 heteroatoms. The summed E-state index contributed by atoms with van der Waals surface area (Å²) < 4.78 is 5.74. The Morgan fingerprint density at radius 2 is 0.974 bits per heavy atom. The summed E-state index contributed by atoms with van der Waals surface area (Å²) in [6.07, 6.45) is -0.594. The molecule has 0 aliphatic rings. The third kappa shape index (κ3) is 7.74. The molecule has 0 saturated carbocycles. The number of ketones is 2. The second-order valence-electron chi connectivity index (χ2n) is 10.1. The van der Waals surface area contributed by atoms with Crippen molar-refractivity contribution < 1.29 is 19.4 Å². The van der Waals surface area contributed by atoms with E-state index in [0.717, 1.165) is 11.1 Å². The quantitative estimate of drug-likeness (QED) is 0.250. The third-order valence-corrected chi connectivity index (χ3v) is 6.42. The fraction of sp³-hybridized carbons (Fsp3) is 0.235. The van der Waals surface area contributed by atoms with Crippen molar-refractivity contribution >= 4 is 11.6 Å². The number of aliphatic hydroxyl groups excluding tert-OH is 1. The molecule has 0 radical (unpaired) electrons. The largest absolute Gasteiger partial charge is 0.485 e. The lowest BCUT2D eigenvalue weighted by Gasteiger charge is -2.29. The molecule has 1 unspecified atom stereocenters. The lowest BCUT2D eigenvalue weighted by Crippen LogP contribution is -2.39. The second-order valence-corrected chi connectivity index (χ2v) is 10.1. The highest BCUT2D eigenvalue weighted by atomic mass is 16.5. The van der Waals surface area contributed by atoms with Gasteiger partial charge in [-0.3, -0.25) is 9.59 Å². The number of carbonyl (C=O) groups excluding carboxylic acids is 2. The Morgan fingerprint density at radius 1 is 0.605 bits per heavy atom. The average Bonchev–Trinajstić information content (AvgIpc) is 2.94. The van der Waals surface area contributed by atoms with Crippen molar-refractivity contribution in [3.63, 3.8) is 0 Å². The van der Waals surface area contributed by atoms with Gasteiger partial charge in [-0.15, -0.1) is 0 Å². The van der Waals surface area contributed by atoms with Crippen molar-refractivity contribution in [2.75, 3.05) is 0 Å². The van der Waals surface area contributed by atoms with E-state index in [1.165, 1.54) is 5.56 Å². The lowest BCUT2D eigenvalue weighted by atomic mass is 9.98. The van der Waals surface area contributed by atoms with Crippen molar-refractivity contribution in [3.8, 4) is 5.75 Å². The highest BCUT2D eigenvalue weighted by Crippen LogP contribution is 2.22. The van der Waals surface area contributed by atoms with Crippen molar-refractivity contribution in [2.45, 2.75) is 52.2 Å². The van der Waals surface area contributed by atoms with E-state index >= 15 is 0 Å². The third-order valence-electron chi connectivity index (χ3n) is 6.42. The summed E-state index contributed by atoms with van der Waals surface area (Å²) in [6.45, 7) is 9.62. The summed E-state index contributed by atoms with van der Waals surface area (Å²) in [4.78, 5) is 24.4. The van der Waals surface area contributed by atoms with Gasteiger partial charge in [-0.2, -0.15) is 0 Å². The van der Waals surface area contributed by atoms with Crippen LogP contribution in [0, 0.1) is 0 Å². The SMILES string of the molecule is CC(C)c1ccc(C(=O)c2ccccc2)cc1.CC(O)C(C)(C)Oc1ccc(C(=O)c2ccccc2)cc1. The molecule has 0 bridgehead atoms. The number of hydrogen-bond acceptors (Lipinski definition) is 4. The maximum absolute atomic E-state index is 12.3. The first-order chi connectivity index (χ1) is 18.1. The van der Waals surface area contributed by atoms with Crippen LogP contribution in [0.15, 0.2) is 109 Å². The van der Waals surface area contributed by atoms with Gasteiger partial charge in [0.2, 0.25) is 0 Å². The maximum atomic E-state index is 12.3. The molecule has 196 valence electrons. The minimum absolute atomic E-state index is 0.0167. The summed E-state index contributed by atoms with van der Waals surface area (Å²) in [5.74, 6) is 1.19. The zero-order valence-electron chi connectivity index (χ0n) is 22.7. The molecule has 1 N–H and O–H groups in total. The minimum Gasteiger partial charge on any atom is -0.485 e. The molecule has 4 aromatic carbocycles. The first kappa shape index (κ1) is 28.5. The van der Waals surface area contributed by atoms with E-state index in [4.69, 9.17) is 4.74 Å². The number of benzene rings is 4. The van der Waals surface area contributed by atoms with Crippen LogP contribution in [-0.2, 0) is 0 Å². The van der Waals surface area contributed by atoms with Gasteiger partial charge in [-0.1, -0.05) is 98.8 Å². The molecule has 4 rings (SSSR count). The highest BCUT2D eigenvalue weighted by molar-refractivity contribution is 6.09. The van der Waals surface area contributed by atoms with Crippen LogP contribution in [0.3, 0.4) is 0 Å². The molecule has 4 nitrogen and oxygen atoms in total. The number of carbonyl (C=O) groups is 2. The molecule has 0 aromatic heterocycles. The molecular formula is C34H36O4. The van der Waals surface area contributed by atoms with Gasteiger partial charge in [0.05, 0.1) is 6.10 Å². The first-order valence-corrected chi connectivity index (χ1v) is 12.8. The zero-order valence-corrected chi connectivity index (χ0v) is 22.7. The Kier molecular flexibility index (Phi) is 9.75. The van der Waals surface area contributed by atoms with E-state index in [0.29, 0.717) is 22.8 Å². The Hall–Kier alpha value is -4.02. The van der Waals surface area contributed by atoms with Gasteiger partial charge in [0.25, 0.3) is 0 Å². The molecule has 0 aliphatic carbocycles. The summed E-state index contributed by atoms with van der Waals surface area (Å²) >= 11 is 0. The van der Waals surface area contributed by atoms with Gasteiger partial charge in [0, 0.05) is 22.3 Å². The first-order valence-electron chi connectivity index (χ1n) is 12.8. The van der Waals surface area contributed by atoms with Gasteiger partial charge in [-0.25, -0.2) is 0 Å². The Balaban J connectivity index is 0.000000215. The van der Waals surface area contributed by atoms with Gasteiger partial charge in [0.15, 0.2) is 11.6 Å². The standard InChI is InChI=1S/C18H20O3.C16H16O/c1-13(19)18(2,3)21-16-11-9-15(10-12-16)17(20)14-7-5-4-6-8-14;1-12(2)13-8-10-15(11-9-13)16(17)14-6-4-3-5-7-14/h4-13,19H,1-3H3;3-12H,1-2H3. The average molecular weight is 509 g/mol. The fourth-order valence-corrected chi connectivity index (χ4v) is 3.60. The molecule has 0 fully saturated rings. The second kappa shape index (κ2) is 13.0. The van der Waals surface area contributed by atoms with Crippen LogP contribution in [0.5, 0.6) is 5.75 Å². The van der Waals surface area contributed by atoms with Gasteiger partial charge >= 0.3 is 0 Å². The predicted octanol–water partition coefficient (Wildman–Crippen LogP) is 7.50. The smallest absolute Gasteiger partial charge is 0.193 e. The number of hydrogen-bond donors (Lipinski definition) is 1. The Bertz CT molecular complexity index is 1300. The number of rotatable bonds is 8. The topological polar surface area (TPSA) is 63.6 Å². The molecule has 0 saturated heterocycles. The molecule has 0 amide bonds. The van der Waals surface area contributed by atoms with E-state index in [-0.39, 0.29) is 11.6 Å². The van der Waals surface area contributed by atoms with E-state index in [9.17, 15) is 14.7 Å². The maximum Gasteiger partial charge on any atom is 0.193 e. The summed E-state index contributed by atoms with van der Waals surface area (Å²) in [6, 6.07) is 33.4. The summed E-state index contributed by atoms with van der Waals surface area (Å²) in [5, 5.41) is 9.65. The molecule has 0 heterocycles. The van der Waals surface area contributed by atoms with Gasteiger partial charge in [-0.05, 0) is 56.5 Å². The fourth-order valence-electron chi connectivity index (χ4n) is 3.60. The van der Waals surface area contributed by atoms with Crippen LogP contribution in [0.1, 0.15) is 77.9 Å². The van der Waals surface area contributed by atoms with Crippen molar-refractivity contribution in [3.05, 3.63) is 137 Å². The van der Waals surface area contributed by atoms with Gasteiger partial charge in [0.1, 0.15) is 11.4 Å². The molecule has 4 aromatic rings. The van der Waals surface area contributed by atoms with Crippen molar-refractivity contribution in [1.29, 1.82) is 0 Å². The predicted molar refractivity (Wildman–Crippen MR) is 153 cm³/mol. The van der Waals surface area contributed by atoms with Crippen LogP contribution in [0.25, 0.3) is 0 Å². The monoisotopic (exact) mass is 508 g/mol. The van der Waals surface area contributed by atoms with E-state index in [1.54, 1.807) is 43.3 Å². The van der Waals surface area contributed by atoms with Crippen LogP contribution in [0.4, 0.5) is 0 Å². The Labute approximate surface area is 225 Å². The van der Waals surface area contributed by atoms with E-state index < -0.39 is 11.7 Å². The lowest BCUT2D eigenvalue weighted by molar-refractivity contribution is -0.0176. The molecule has 38 heavy (non-hydrogen) atoms. The molecule has 1 atom stereocenters. The normalized spacial score (nSPS) is 11.8. The summed E-state index contributed by atoms with van der Waals surface area (Å²) in [7, 11) is 0. The van der Waals surface area contributed by atoms with Crippen LogP contribution in [0.2, 0.25) is 0 Å². The van der Waals surface area contributed by atoms with E-state index in [2.05, 4.69) is 13.8 Å². The molecule has 0 spiro atoms. The number of ether oxygens (including phenoxy) is 1. The molecular weight excluding hydrogens is 472 g/mol. The summed E-state index contributed by atoms with van der Waals surface area (Å²) in [5.41, 5.74) is 3.35. The van der Waals surface area contributed by atoms with Crippen LogP contribution in [-0.4, -0.2) is 28.4 Å². The number of aliphatic hydroxyl groups is 1. The minimum atomic E-state index is -0.676. The van der Waals surface area contributed by atoms with Crippen LogP contribution >= 0.6 is 0 Å². The van der Waals surface area contributed by atoms with Crippen molar-refractivity contribution in [1.82, 2.24) is 0 Å². The van der Waals surface area contributed by atoms with E-state index in [1.807, 2.05) is 86.6 Å². The zero-order chi connectivity index (χ0) is 27.7. The Morgan fingerprint density at radius 3 is 1.34 bits per heavy atom. The van der Waals surface area contributed by atoms with Crippen LogP contribution < -0.4 is 4.74 Å².